The van der Waals surface area contributed by atoms with Crippen LogP contribution in [0.1, 0.15) is 49.9 Å². The lowest BCUT2D eigenvalue weighted by Gasteiger charge is -2.39. The maximum atomic E-state index is 14.2. The SMILES string of the molecule is CC(C)(Cl)OC1C(Cl)=C(OC2=C(Cl)C(OC(C)(C)Cl)C(c3ccccc3C(F)(F)F)([N+](=O)[O-])C=C2)C=CC1(c1ccccc1C(F)(F)F)[N+](=O)[O-]. The van der Waals surface area contributed by atoms with E-state index in [4.69, 9.17) is 60.6 Å². The molecule has 4 atom stereocenters. The molecule has 2 aliphatic rings. The number of benzene rings is 2. The zero-order valence-corrected chi connectivity index (χ0v) is 29.6. The van der Waals surface area contributed by atoms with Crippen LogP contribution in [-0.4, -0.2) is 32.2 Å². The molecule has 19 heteroatoms. The molecule has 0 spiro atoms. The van der Waals surface area contributed by atoms with Crippen molar-refractivity contribution in [3.63, 3.8) is 0 Å². The van der Waals surface area contributed by atoms with E-state index in [0.29, 0.717) is 12.1 Å². The Bertz CT molecular complexity index is 1720. The molecule has 0 N–H and O–H groups in total. The van der Waals surface area contributed by atoms with Crippen LogP contribution in [-0.2, 0) is 37.6 Å². The molecule has 0 saturated carbocycles. The molecule has 4 unspecified atom stereocenters. The zero-order chi connectivity index (χ0) is 38.5. The number of halogens is 10. The standard InChI is InChI=1S/C32H26Cl4F6N2O7/c1-27(2,35)50-25-23(33)21(13-15-29(25,43(45)46)17-9-5-7-11-19(17)31(37,38)39)49-22-14-16-30(44(47)48,26(24(22)34)51-28(3,4)36)18-10-6-8-12-20(18)32(40,41)42/h5-16,25-26H,1-4H3. The van der Waals surface area contributed by atoms with Crippen LogP contribution in [0, 0.1) is 20.2 Å². The fraction of sp³-hybridized carbons (Fsp3) is 0.375. The first-order valence-electron chi connectivity index (χ1n) is 14.5. The number of nitro groups is 2. The average Bonchev–Trinajstić information content (AvgIpc) is 2.99. The van der Waals surface area contributed by atoms with Crippen LogP contribution >= 0.6 is 46.4 Å². The fourth-order valence-corrected chi connectivity index (χ4v) is 6.45. The topological polar surface area (TPSA) is 114 Å². The first-order valence-corrected chi connectivity index (χ1v) is 16.0. The summed E-state index contributed by atoms with van der Waals surface area (Å²) in [6.07, 6.45) is -11.1. The van der Waals surface area contributed by atoms with Crippen LogP contribution in [0.15, 0.2) is 94.4 Å². The van der Waals surface area contributed by atoms with Crippen molar-refractivity contribution in [3.8, 4) is 0 Å². The van der Waals surface area contributed by atoms with Gasteiger partial charge in [-0.3, -0.25) is 20.2 Å². The molecule has 9 nitrogen and oxygen atoms in total. The van der Waals surface area contributed by atoms with E-state index in [-0.39, 0.29) is 0 Å². The van der Waals surface area contributed by atoms with Crippen molar-refractivity contribution in [2.24, 2.45) is 0 Å². The predicted molar refractivity (Wildman–Crippen MR) is 175 cm³/mol. The van der Waals surface area contributed by atoms with Crippen molar-refractivity contribution in [2.75, 3.05) is 0 Å². The Labute approximate surface area is 306 Å². The van der Waals surface area contributed by atoms with E-state index in [1.807, 2.05) is 0 Å². The van der Waals surface area contributed by atoms with Gasteiger partial charge < -0.3 is 14.2 Å². The first-order chi connectivity index (χ1) is 23.3. The van der Waals surface area contributed by atoms with Gasteiger partial charge in [-0.05, 0) is 52.0 Å². The van der Waals surface area contributed by atoms with Gasteiger partial charge >= 0.3 is 12.4 Å². The van der Waals surface area contributed by atoms with Gasteiger partial charge in [-0.25, -0.2) is 0 Å². The van der Waals surface area contributed by atoms with Crippen molar-refractivity contribution < 1.29 is 50.4 Å². The van der Waals surface area contributed by atoms with Crippen molar-refractivity contribution in [1.82, 2.24) is 0 Å². The minimum absolute atomic E-state index is 0.504. The molecule has 51 heavy (non-hydrogen) atoms. The van der Waals surface area contributed by atoms with Crippen LogP contribution in [0.3, 0.4) is 0 Å². The Morgan fingerprint density at radius 3 is 1.24 bits per heavy atom. The third-order valence-electron chi connectivity index (χ3n) is 7.66. The second kappa shape index (κ2) is 13.9. The minimum atomic E-state index is -5.06. The number of nitrogens with zero attached hydrogens (tertiary/aromatic N) is 2. The lowest BCUT2D eigenvalue weighted by Crippen LogP contribution is -2.52. The maximum absolute atomic E-state index is 14.2. The Balaban J connectivity index is 1.94. The number of hydrogen-bond donors (Lipinski definition) is 0. The lowest BCUT2D eigenvalue weighted by atomic mass is 9.78. The number of alkyl halides is 8. The van der Waals surface area contributed by atoms with Gasteiger partial charge in [-0.1, -0.05) is 82.8 Å². The van der Waals surface area contributed by atoms with Gasteiger partial charge in [0.25, 0.3) is 11.1 Å². The molecule has 2 aliphatic carbocycles. The van der Waals surface area contributed by atoms with Gasteiger partial charge in [0, 0.05) is 33.1 Å². The van der Waals surface area contributed by atoms with Crippen LogP contribution in [0.2, 0.25) is 0 Å². The molecule has 0 saturated heterocycles. The summed E-state index contributed by atoms with van der Waals surface area (Å²) in [4.78, 5) is 23.6. The molecule has 0 radical (unpaired) electrons. The summed E-state index contributed by atoms with van der Waals surface area (Å²) in [5, 5.41) is 20.7. The maximum Gasteiger partial charge on any atom is 0.416 e. The third-order valence-corrected chi connectivity index (χ3v) is 8.60. The van der Waals surface area contributed by atoms with E-state index in [2.05, 4.69) is 0 Å². The molecule has 276 valence electrons. The average molecular weight is 806 g/mol. The highest BCUT2D eigenvalue weighted by molar-refractivity contribution is 6.31. The molecular formula is C32H26Cl4F6N2O7. The second-order valence-corrected chi connectivity index (χ2v) is 14.8. The van der Waals surface area contributed by atoms with Crippen molar-refractivity contribution in [2.45, 2.75) is 73.5 Å². The molecular weight excluding hydrogens is 780 g/mol. The van der Waals surface area contributed by atoms with E-state index in [9.17, 15) is 46.6 Å². The van der Waals surface area contributed by atoms with Crippen molar-refractivity contribution in [1.29, 1.82) is 0 Å². The lowest BCUT2D eigenvalue weighted by molar-refractivity contribution is -0.577. The highest BCUT2D eigenvalue weighted by Crippen LogP contribution is 2.51. The summed E-state index contributed by atoms with van der Waals surface area (Å²) in [5.41, 5.74) is -10.2. The van der Waals surface area contributed by atoms with Gasteiger partial charge in [-0.2, -0.15) is 26.3 Å². The van der Waals surface area contributed by atoms with Gasteiger partial charge in [0.1, 0.15) is 21.6 Å². The van der Waals surface area contributed by atoms with E-state index in [1.165, 1.54) is 27.7 Å². The van der Waals surface area contributed by atoms with Gasteiger partial charge in [0.05, 0.1) is 21.2 Å². The fourth-order valence-electron chi connectivity index (χ4n) is 5.64. The Morgan fingerprint density at radius 1 is 0.647 bits per heavy atom. The highest BCUT2D eigenvalue weighted by Gasteiger charge is 2.61. The van der Waals surface area contributed by atoms with E-state index in [0.717, 1.165) is 60.7 Å². The van der Waals surface area contributed by atoms with E-state index < -0.39 is 99.4 Å². The Morgan fingerprint density at radius 2 is 0.961 bits per heavy atom. The Kier molecular flexibility index (Phi) is 11.0. The second-order valence-electron chi connectivity index (χ2n) is 12.2. The van der Waals surface area contributed by atoms with Crippen LogP contribution in [0.4, 0.5) is 26.3 Å². The molecule has 0 aromatic heterocycles. The Hall–Kier alpha value is -3.34. The molecule has 4 rings (SSSR count). The van der Waals surface area contributed by atoms with Gasteiger partial charge in [0.15, 0.2) is 12.2 Å². The summed E-state index contributed by atoms with van der Waals surface area (Å²) in [5.74, 6) is -1.01. The van der Waals surface area contributed by atoms with Crippen LogP contribution in [0.25, 0.3) is 0 Å². The molecule has 0 fully saturated rings. The zero-order valence-electron chi connectivity index (χ0n) is 26.6. The summed E-state index contributed by atoms with van der Waals surface area (Å²) >= 11 is 25.8. The minimum Gasteiger partial charge on any atom is -0.455 e. The normalized spacial score (nSPS) is 24.6. The summed E-state index contributed by atoms with van der Waals surface area (Å²) in [6.45, 7) is 4.97. The molecule has 2 aromatic rings. The van der Waals surface area contributed by atoms with E-state index >= 15 is 0 Å². The summed E-state index contributed by atoms with van der Waals surface area (Å²) < 4.78 is 102. The summed E-state index contributed by atoms with van der Waals surface area (Å²) in [7, 11) is 0. The number of allylic oxidation sites excluding steroid dienone is 2. The molecule has 0 aliphatic heterocycles. The first kappa shape index (κ1) is 40.4. The van der Waals surface area contributed by atoms with E-state index in [1.54, 1.807) is 0 Å². The number of ether oxygens (including phenoxy) is 3. The van der Waals surface area contributed by atoms with Crippen LogP contribution < -0.4 is 0 Å². The van der Waals surface area contributed by atoms with Gasteiger partial charge in [0.2, 0.25) is 0 Å². The molecule has 0 bridgehead atoms. The molecule has 2 aromatic carbocycles. The van der Waals surface area contributed by atoms with Gasteiger partial charge in [-0.15, -0.1) is 0 Å². The largest absolute Gasteiger partial charge is 0.455 e. The predicted octanol–water partition coefficient (Wildman–Crippen LogP) is 10.1. The molecule has 0 amide bonds. The summed E-state index contributed by atoms with van der Waals surface area (Å²) in [6, 6.07) is 7.36. The molecule has 0 heterocycles. The van der Waals surface area contributed by atoms with Crippen LogP contribution in [0.5, 0.6) is 0 Å². The van der Waals surface area contributed by atoms with Crippen molar-refractivity contribution in [3.05, 3.63) is 137 Å². The quantitative estimate of drug-likeness (QED) is 0.102. The number of rotatable bonds is 10. The third kappa shape index (κ3) is 7.88. The highest BCUT2D eigenvalue weighted by atomic mass is 35.5. The number of hydrogen-bond acceptors (Lipinski definition) is 7. The smallest absolute Gasteiger partial charge is 0.416 e. The van der Waals surface area contributed by atoms with Crippen molar-refractivity contribution >= 4 is 46.4 Å². The monoisotopic (exact) mass is 804 g/mol.